The predicted octanol–water partition coefficient (Wildman–Crippen LogP) is 0.205. The monoisotopic (exact) mass is 329 g/mol. The molecule has 1 atom stereocenters. The second-order valence-electron chi connectivity index (χ2n) is 3.47. The Morgan fingerprint density at radius 1 is 1.39 bits per heavy atom. The molecule has 0 saturated heterocycles. The molecule has 0 N–H and O–H groups in total. The van der Waals surface area contributed by atoms with Crippen molar-refractivity contribution in [2.45, 2.75) is 12.3 Å². The molecule has 0 radical (unpaired) electrons. The van der Waals surface area contributed by atoms with Crippen molar-refractivity contribution in [3.63, 3.8) is 0 Å². The molecule has 2 rings (SSSR count). The van der Waals surface area contributed by atoms with E-state index in [1.54, 1.807) is 6.07 Å². The average Bonchev–Trinajstić information content (AvgIpc) is 2.68. The van der Waals surface area contributed by atoms with Crippen LogP contribution in [0.1, 0.15) is 17.3 Å². The van der Waals surface area contributed by atoms with Gasteiger partial charge in [-0.05, 0) is 18.6 Å². The van der Waals surface area contributed by atoms with E-state index in [9.17, 15) is 15.0 Å². The van der Waals surface area contributed by atoms with Crippen LogP contribution in [0.3, 0.4) is 0 Å². The molecule has 1 aromatic heterocycles. The van der Waals surface area contributed by atoms with Gasteiger partial charge in [0.15, 0.2) is 0 Å². The second-order valence-corrected chi connectivity index (χ2v) is 4.93. The summed E-state index contributed by atoms with van der Waals surface area (Å²) in [5.41, 5.74) is 0.743. The van der Waals surface area contributed by atoms with Crippen molar-refractivity contribution in [2.24, 2.45) is 0 Å². The molecule has 0 saturated carbocycles. The normalized spacial score (nSPS) is 11.8. The van der Waals surface area contributed by atoms with Crippen LogP contribution in [-0.4, -0.2) is 16.0 Å². The van der Waals surface area contributed by atoms with Gasteiger partial charge in [0.2, 0.25) is 0 Å². The smallest absolute Gasteiger partial charge is 0.867 e. The summed E-state index contributed by atoms with van der Waals surface area (Å²) in [6.45, 7) is 0. The molecular weight excluding hydrogens is 324 g/mol. The minimum Gasteiger partial charge on any atom is -0.867 e. The van der Waals surface area contributed by atoms with Crippen LogP contribution in [0.25, 0.3) is 10.2 Å². The number of aromatic nitrogens is 1. The Balaban J connectivity index is 0.00000162. The van der Waals surface area contributed by atoms with E-state index < -0.39 is 23.4 Å². The van der Waals surface area contributed by atoms with Crippen LogP contribution in [0.4, 0.5) is 0 Å². The molecule has 0 bridgehead atoms. The van der Waals surface area contributed by atoms with E-state index in [2.05, 4.69) is 17.2 Å². The van der Waals surface area contributed by atoms with E-state index >= 15 is 0 Å². The van der Waals surface area contributed by atoms with Gasteiger partial charge in [-0.15, -0.1) is 23.6 Å². The molecule has 0 amide bonds. The van der Waals surface area contributed by atoms with Gasteiger partial charge in [-0.25, -0.2) is 4.98 Å². The number of thiazole rings is 1. The number of thiocarbonyl (C=S) groups is 1. The molecule has 0 aliphatic heterocycles. The number of fused-ring (bicyclic) bond motifs is 1. The Morgan fingerprint density at radius 2 is 2.06 bits per heavy atom. The zero-order valence-electron chi connectivity index (χ0n) is 9.29. The number of aliphatic carboxylic acids is 1. The average molecular weight is 331 g/mol. The molecule has 1 unspecified atom stereocenters. The van der Waals surface area contributed by atoms with E-state index in [0.717, 1.165) is 10.2 Å². The minimum absolute atomic E-state index is 0. The van der Waals surface area contributed by atoms with Crippen LogP contribution in [0, 0.1) is 0 Å². The van der Waals surface area contributed by atoms with Crippen LogP contribution in [0.15, 0.2) is 24.3 Å². The Morgan fingerprint density at radius 3 is 2.61 bits per heavy atom. The van der Waals surface area contributed by atoms with Crippen molar-refractivity contribution in [2.75, 3.05) is 0 Å². The summed E-state index contributed by atoms with van der Waals surface area (Å²) in [6.07, 6.45) is -0.415. The van der Waals surface area contributed by atoms with Crippen molar-refractivity contribution >= 4 is 44.8 Å². The molecule has 1 heterocycles. The second kappa shape index (κ2) is 6.32. The number of carboxylic acid groups (broad SMARTS) is 1. The standard InChI is InChI=1S/C11H9NO3S2.Zn/c13-9(14)5-6(11(15)16)10-12-7-3-1-2-4-8(7)17-10;/h1-4,6H,5H2,(H,13,14)(H,15,16);/q;+2/p-2. The van der Waals surface area contributed by atoms with E-state index in [4.69, 9.17) is 0 Å². The third kappa shape index (κ3) is 3.31. The number of carboxylic acids is 1. The quantitative estimate of drug-likeness (QED) is 0.591. The Labute approximate surface area is 125 Å². The summed E-state index contributed by atoms with van der Waals surface area (Å²) in [4.78, 5) is 14.8. The first-order valence-corrected chi connectivity index (χ1v) is 6.06. The van der Waals surface area contributed by atoms with E-state index in [1.807, 2.05) is 18.2 Å². The molecule has 0 spiro atoms. The van der Waals surface area contributed by atoms with Gasteiger partial charge in [0, 0.05) is 11.9 Å². The molecule has 18 heavy (non-hydrogen) atoms. The fourth-order valence-electron chi connectivity index (χ4n) is 1.48. The first-order chi connectivity index (χ1) is 8.08. The summed E-state index contributed by atoms with van der Waals surface area (Å²) in [5, 5.41) is 21.6. The van der Waals surface area contributed by atoms with Gasteiger partial charge in [-0.1, -0.05) is 17.2 Å². The summed E-state index contributed by atoms with van der Waals surface area (Å²) in [7, 11) is 0. The predicted molar refractivity (Wildman–Crippen MR) is 64.6 cm³/mol. The first kappa shape index (κ1) is 15.2. The zero-order valence-corrected chi connectivity index (χ0v) is 13.9. The number of carbonyl (C=O) groups excluding carboxylic acids is 1. The summed E-state index contributed by atoms with van der Waals surface area (Å²) in [6, 6.07) is 7.35. The molecule has 1 aromatic carbocycles. The van der Waals surface area contributed by atoms with Crippen LogP contribution >= 0.6 is 23.6 Å². The molecule has 2 aromatic rings. The molecule has 88 valence electrons. The number of hydrogen-bond donors (Lipinski definition) is 0. The van der Waals surface area contributed by atoms with Crippen molar-refractivity contribution < 1.29 is 34.5 Å². The number of nitrogens with zero attached hydrogens (tertiary/aromatic N) is 1. The minimum atomic E-state index is -1.30. The summed E-state index contributed by atoms with van der Waals surface area (Å²) in [5.74, 6) is -2.18. The van der Waals surface area contributed by atoms with Crippen molar-refractivity contribution in [3.05, 3.63) is 29.3 Å². The molecule has 0 aliphatic carbocycles. The van der Waals surface area contributed by atoms with E-state index in [-0.39, 0.29) is 19.5 Å². The molecule has 0 aliphatic rings. The van der Waals surface area contributed by atoms with Crippen LogP contribution in [-0.2, 0) is 24.3 Å². The van der Waals surface area contributed by atoms with Crippen molar-refractivity contribution in [1.29, 1.82) is 0 Å². The van der Waals surface area contributed by atoms with Crippen LogP contribution in [0.5, 0.6) is 0 Å². The number of para-hydroxylation sites is 1. The van der Waals surface area contributed by atoms with Gasteiger partial charge < -0.3 is 15.0 Å². The first-order valence-electron chi connectivity index (χ1n) is 4.84. The maximum atomic E-state index is 11.2. The topological polar surface area (TPSA) is 76.1 Å². The van der Waals surface area contributed by atoms with Gasteiger partial charge >= 0.3 is 19.5 Å². The Bertz CT molecular complexity index is 551. The van der Waals surface area contributed by atoms with Gasteiger partial charge in [0.1, 0.15) is 5.01 Å². The van der Waals surface area contributed by atoms with Crippen LogP contribution < -0.4 is 10.2 Å². The van der Waals surface area contributed by atoms with Crippen LogP contribution in [0.2, 0.25) is 0 Å². The summed E-state index contributed by atoms with van der Waals surface area (Å²) >= 11 is 5.83. The third-order valence-corrected chi connectivity index (χ3v) is 3.70. The third-order valence-electron chi connectivity index (χ3n) is 2.26. The number of hydrogen-bond acceptors (Lipinski definition) is 6. The van der Waals surface area contributed by atoms with E-state index in [0.29, 0.717) is 5.01 Å². The fourth-order valence-corrected chi connectivity index (χ4v) is 2.81. The molecular formula is C11H7NO3S2Zn. The number of carbonyl (C=O) groups is 1. The van der Waals surface area contributed by atoms with Gasteiger partial charge in [0.05, 0.1) is 10.2 Å². The van der Waals surface area contributed by atoms with Gasteiger partial charge in [0.25, 0.3) is 0 Å². The Hall–Kier alpha value is -0.907. The maximum absolute atomic E-state index is 11.2. The van der Waals surface area contributed by atoms with E-state index in [1.165, 1.54) is 11.3 Å². The van der Waals surface area contributed by atoms with Gasteiger partial charge in [-0.2, -0.15) is 0 Å². The van der Waals surface area contributed by atoms with Crippen molar-refractivity contribution in [1.82, 2.24) is 4.98 Å². The Kier molecular flexibility index (Phi) is 5.32. The SMILES string of the molecule is O=C([O-])CC(C([O-])=S)c1nc2ccccc2s1.[Zn+2]. The largest absolute Gasteiger partial charge is 2.00 e. The summed E-state index contributed by atoms with van der Waals surface area (Å²) < 4.78 is 0.905. The molecule has 0 fully saturated rings. The zero-order chi connectivity index (χ0) is 12.4. The van der Waals surface area contributed by atoms with Crippen molar-refractivity contribution in [3.8, 4) is 0 Å². The molecule has 4 nitrogen and oxygen atoms in total. The fraction of sp³-hybridized carbons (Fsp3) is 0.182. The number of benzene rings is 1. The maximum Gasteiger partial charge on any atom is 2.00 e. The molecule has 7 heteroatoms. The van der Waals surface area contributed by atoms with Gasteiger partial charge in [-0.3, -0.25) is 0 Å². The number of rotatable bonds is 4.